The molecular weight excluding hydrogens is 341 g/mol. The number of carboxylic acids is 1. The van der Waals surface area contributed by atoms with E-state index in [9.17, 15) is 15.0 Å². The molecule has 0 aliphatic heterocycles. The molecule has 23 heavy (non-hydrogen) atoms. The standard InChI is InChI=1S/C17H10ClNO3.K/c18-9-2-4-14-12(6-9)10-3-1-8-5-13(17(21)22)15(20)7-11(8)16(10)19-14;/h1-7,19-20H,(H,21,22);/q;+1/p-1. The first-order valence-electron chi connectivity index (χ1n) is 6.62. The van der Waals surface area contributed by atoms with Crippen molar-refractivity contribution in [3.05, 3.63) is 53.1 Å². The molecular formula is C17H9ClKNO3. The van der Waals surface area contributed by atoms with E-state index in [2.05, 4.69) is 4.98 Å². The zero-order valence-electron chi connectivity index (χ0n) is 12.2. The van der Waals surface area contributed by atoms with Crippen LogP contribution in [0.2, 0.25) is 5.02 Å². The van der Waals surface area contributed by atoms with Crippen LogP contribution in [0.1, 0.15) is 10.4 Å². The number of hydrogen-bond acceptors (Lipinski definition) is 3. The van der Waals surface area contributed by atoms with Gasteiger partial charge in [0.15, 0.2) is 0 Å². The normalized spacial score (nSPS) is 11.0. The number of hydrogen-bond donors (Lipinski definition) is 2. The molecule has 2 N–H and O–H groups in total. The van der Waals surface area contributed by atoms with Gasteiger partial charge in [0, 0.05) is 32.3 Å². The van der Waals surface area contributed by atoms with E-state index in [0.29, 0.717) is 10.4 Å². The molecule has 3 aromatic carbocycles. The van der Waals surface area contributed by atoms with Crippen LogP contribution in [0.25, 0.3) is 32.6 Å². The number of halogens is 1. The first-order valence-corrected chi connectivity index (χ1v) is 7.00. The number of H-pyrrole nitrogens is 1. The van der Waals surface area contributed by atoms with Crippen LogP contribution in [0.3, 0.4) is 0 Å². The van der Waals surface area contributed by atoms with E-state index < -0.39 is 5.97 Å². The maximum atomic E-state index is 11.0. The van der Waals surface area contributed by atoms with E-state index in [-0.39, 0.29) is 62.7 Å². The molecule has 0 amide bonds. The Balaban J connectivity index is 0.00000156. The van der Waals surface area contributed by atoms with Crippen molar-refractivity contribution in [1.29, 1.82) is 0 Å². The molecule has 0 aliphatic rings. The Hall–Kier alpha value is -1.08. The van der Waals surface area contributed by atoms with Gasteiger partial charge in [0.25, 0.3) is 0 Å². The molecule has 6 heteroatoms. The quantitative estimate of drug-likeness (QED) is 0.482. The molecule has 108 valence electrons. The number of nitrogens with one attached hydrogen (secondary N) is 1. The van der Waals surface area contributed by atoms with Crippen LogP contribution in [0.5, 0.6) is 5.75 Å². The van der Waals surface area contributed by atoms with Gasteiger partial charge >= 0.3 is 51.4 Å². The molecule has 0 fully saturated rings. The minimum Gasteiger partial charge on any atom is -0.545 e. The number of carbonyl (C=O) groups is 1. The molecule has 0 saturated heterocycles. The Kier molecular flexibility index (Phi) is 4.44. The molecule has 4 nitrogen and oxygen atoms in total. The summed E-state index contributed by atoms with van der Waals surface area (Å²) in [4.78, 5) is 14.3. The fraction of sp³-hybridized carbons (Fsp3) is 0. The summed E-state index contributed by atoms with van der Waals surface area (Å²) < 4.78 is 0. The molecule has 0 spiro atoms. The van der Waals surface area contributed by atoms with Crippen molar-refractivity contribution in [1.82, 2.24) is 4.98 Å². The molecule has 4 rings (SSSR count). The average Bonchev–Trinajstić information content (AvgIpc) is 2.84. The summed E-state index contributed by atoms with van der Waals surface area (Å²) in [5, 5.41) is 25.0. The van der Waals surface area contributed by atoms with Gasteiger partial charge in [0.05, 0.1) is 11.5 Å². The SMILES string of the molecule is O=C([O-])c1cc2ccc3c4cc(Cl)ccc4[nH]c3c2cc1O.[K+]. The van der Waals surface area contributed by atoms with Gasteiger partial charge in [-0.05, 0) is 35.7 Å². The van der Waals surface area contributed by atoms with Crippen LogP contribution in [0.15, 0.2) is 42.5 Å². The number of carbonyl (C=O) groups excluding carboxylic acids is 1. The third-order valence-electron chi connectivity index (χ3n) is 3.89. The Labute approximate surface area is 178 Å². The number of carboxylic acid groups (broad SMARTS) is 1. The molecule has 0 aliphatic carbocycles. The number of phenols is 1. The Morgan fingerprint density at radius 2 is 1.83 bits per heavy atom. The second-order valence-electron chi connectivity index (χ2n) is 5.18. The molecule has 0 unspecified atom stereocenters. The molecule has 4 aromatic rings. The van der Waals surface area contributed by atoms with Crippen LogP contribution in [0.4, 0.5) is 0 Å². The van der Waals surface area contributed by atoms with Crippen molar-refractivity contribution in [2.24, 2.45) is 0 Å². The van der Waals surface area contributed by atoms with Crippen molar-refractivity contribution in [3.63, 3.8) is 0 Å². The molecule has 0 atom stereocenters. The summed E-state index contributed by atoms with van der Waals surface area (Å²) in [5.41, 5.74) is 1.54. The first-order chi connectivity index (χ1) is 10.5. The largest absolute Gasteiger partial charge is 1.00 e. The van der Waals surface area contributed by atoms with Crippen LogP contribution in [-0.2, 0) is 0 Å². The van der Waals surface area contributed by atoms with Crippen LogP contribution in [0, 0.1) is 0 Å². The van der Waals surface area contributed by atoms with Crippen molar-refractivity contribution < 1.29 is 66.4 Å². The minimum absolute atomic E-state index is 0. The fourth-order valence-electron chi connectivity index (χ4n) is 2.87. The number of aromatic nitrogens is 1. The maximum Gasteiger partial charge on any atom is 1.00 e. The van der Waals surface area contributed by atoms with Gasteiger partial charge in [0.2, 0.25) is 0 Å². The summed E-state index contributed by atoms with van der Waals surface area (Å²) in [6.45, 7) is 0. The predicted molar refractivity (Wildman–Crippen MR) is 84.3 cm³/mol. The van der Waals surface area contributed by atoms with Gasteiger partial charge in [-0.1, -0.05) is 23.7 Å². The second kappa shape index (κ2) is 6.09. The number of aromatic amines is 1. The van der Waals surface area contributed by atoms with Crippen molar-refractivity contribution in [2.45, 2.75) is 0 Å². The number of aromatic carboxylic acids is 1. The van der Waals surface area contributed by atoms with E-state index >= 15 is 0 Å². The van der Waals surface area contributed by atoms with Crippen molar-refractivity contribution in [3.8, 4) is 5.75 Å². The Bertz CT molecular complexity index is 1090. The average molecular weight is 350 g/mol. The minimum atomic E-state index is -1.40. The van der Waals surface area contributed by atoms with Crippen LogP contribution in [-0.4, -0.2) is 16.1 Å². The van der Waals surface area contributed by atoms with E-state index in [1.165, 1.54) is 12.1 Å². The number of rotatable bonds is 1. The zero-order valence-corrected chi connectivity index (χ0v) is 16.1. The number of benzene rings is 3. The third kappa shape index (κ3) is 2.67. The summed E-state index contributed by atoms with van der Waals surface area (Å²) in [5.74, 6) is -1.71. The van der Waals surface area contributed by atoms with Gasteiger partial charge in [-0.3, -0.25) is 0 Å². The van der Waals surface area contributed by atoms with E-state index in [0.717, 1.165) is 27.2 Å². The van der Waals surface area contributed by atoms with Gasteiger partial charge in [-0.2, -0.15) is 0 Å². The molecule has 0 bridgehead atoms. The van der Waals surface area contributed by atoms with Crippen LogP contribution >= 0.6 is 11.6 Å². The fourth-order valence-corrected chi connectivity index (χ4v) is 3.04. The number of fused-ring (bicyclic) bond motifs is 5. The van der Waals surface area contributed by atoms with Crippen molar-refractivity contribution in [2.75, 3.05) is 0 Å². The first kappa shape index (κ1) is 16.8. The van der Waals surface area contributed by atoms with Gasteiger partial charge in [-0.25, -0.2) is 0 Å². The van der Waals surface area contributed by atoms with Gasteiger partial charge in [0.1, 0.15) is 5.75 Å². The van der Waals surface area contributed by atoms with Crippen LogP contribution < -0.4 is 56.5 Å². The molecule has 0 radical (unpaired) electrons. The van der Waals surface area contributed by atoms with E-state index in [1.54, 1.807) is 6.07 Å². The van der Waals surface area contributed by atoms with E-state index in [1.807, 2.05) is 24.3 Å². The predicted octanol–water partition coefficient (Wildman–Crippen LogP) is 0.201. The second-order valence-corrected chi connectivity index (χ2v) is 5.62. The summed E-state index contributed by atoms with van der Waals surface area (Å²) in [7, 11) is 0. The maximum absolute atomic E-state index is 11.0. The summed E-state index contributed by atoms with van der Waals surface area (Å²) in [6, 6.07) is 12.1. The smallest absolute Gasteiger partial charge is 0.545 e. The summed E-state index contributed by atoms with van der Waals surface area (Å²) in [6.07, 6.45) is 0. The Morgan fingerprint density at radius 1 is 1.04 bits per heavy atom. The molecule has 0 saturated carbocycles. The monoisotopic (exact) mass is 349 g/mol. The van der Waals surface area contributed by atoms with Gasteiger partial charge in [-0.15, -0.1) is 0 Å². The third-order valence-corrected chi connectivity index (χ3v) is 4.12. The molecule has 1 aromatic heterocycles. The van der Waals surface area contributed by atoms with E-state index in [4.69, 9.17) is 11.6 Å². The zero-order chi connectivity index (χ0) is 15.4. The van der Waals surface area contributed by atoms with Crippen molar-refractivity contribution >= 4 is 50.1 Å². The summed E-state index contributed by atoms with van der Waals surface area (Å²) >= 11 is 6.05. The molecule has 1 heterocycles. The number of aromatic hydroxyl groups is 1. The van der Waals surface area contributed by atoms with Gasteiger partial charge < -0.3 is 20.0 Å². The Morgan fingerprint density at radius 3 is 2.57 bits per heavy atom. The topological polar surface area (TPSA) is 76.1 Å².